The van der Waals surface area contributed by atoms with Crippen molar-refractivity contribution in [3.63, 3.8) is 0 Å². The summed E-state index contributed by atoms with van der Waals surface area (Å²) < 4.78 is 7.08. The van der Waals surface area contributed by atoms with E-state index in [4.69, 9.17) is 9.63 Å². The average molecular weight is 303 g/mol. The van der Waals surface area contributed by atoms with E-state index in [2.05, 4.69) is 10.1 Å². The minimum atomic E-state index is -0.866. The Bertz CT molecular complexity index is 780. The van der Waals surface area contributed by atoms with Gasteiger partial charge in [-0.05, 0) is 24.6 Å². The van der Waals surface area contributed by atoms with Crippen LogP contribution in [0.3, 0.4) is 0 Å². The van der Waals surface area contributed by atoms with E-state index in [-0.39, 0.29) is 5.75 Å². The number of carboxylic acid groups (broad SMARTS) is 1. The van der Waals surface area contributed by atoms with E-state index in [1.165, 1.54) is 11.8 Å². The van der Waals surface area contributed by atoms with Gasteiger partial charge < -0.3 is 14.2 Å². The van der Waals surface area contributed by atoms with Crippen LogP contribution in [-0.4, -0.2) is 31.5 Å². The van der Waals surface area contributed by atoms with E-state index in [0.717, 1.165) is 16.6 Å². The SMILES string of the molecule is Cc1ccc2c(c1)nc(SCC(=O)O)n2Cc1ccno1. The molecule has 0 aliphatic heterocycles. The third-order valence-electron chi connectivity index (χ3n) is 3.00. The normalized spacial score (nSPS) is 11.1. The third-order valence-corrected chi connectivity index (χ3v) is 3.96. The molecule has 6 nitrogen and oxygen atoms in total. The van der Waals surface area contributed by atoms with Crippen molar-refractivity contribution >= 4 is 28.8 Å². The van der Waals surface area contributed by atoms with Crippen LogP contribution in [-0.2, 0) is 11.3 Å². The van der Waals surface area contributed by atoms with Gasteiger partial charge in [-0.1, -0.05) is 23.0 Å². The molecule has 0 bridgehead atoms. The molecule has 0 radical (unpaired) electrons. The smallest absolute Gasteiger partial charge is 0.313 e. The van der Waals surface area contributed by atoms with Crippen molar-refractivity contribution in [2.45, 2.75) is 18.6 Å². The molecule has 1 N–H and O–H groups in total. The van der Waals surface area contributed by atoms with Gasteiger partial charge in [0.05, 0.1) is 29.5 Å². The van der Waals surface area contributed by atoms with Crippen molar-refractivity contribution < 1.29 is 14.4 Å². The molecule has 3 rings (SSSR count). The number of aryl methyl sites for hydroxylation is 1. The summed E-state index contributed by atoms with van der Waals surface area (Å²) in [5.41, 5.74) is 2.91. The van der Waals surface area contributed by atoms with E-state index in [1.54, 1.807) is 12.3 Å². The summed E-state index contributed by atoms with van der Waals surface area (Å²) in [7, 11) is 0. The van der Waals surface area contributed by atoms with Crippen molar-refractivity contribution in [3.8, 4) is 0 Å². The molecule has 7 heteroatoms. The maximum absolute atomic E-state index is 10.8. The molecular formula is C14H13N3O3S. The number of hydrogen-bond donors (Lipinski definition) is 1. The molecular weight excluding hydrogens is 290 g/mol. The van der Waals surface area contributed by atoms with E-state index in [0.29, 0.717) is 17.5 Å². The topological polar surface area (TPSA) is 81.1 Å². The second-order valence-electron chi connectivity index (χ2n) is 4.63. The van der Waals surface area contributed by atoms with Crippen LogP contribution < -0.4 is 0 Å². The highest BCUT2D eigenvalue weighted by Gasteiger charge is 2.14. The fourth-order valence-corrected chi connectivity index (χ4v) is 2.82. The number of aromatic nitrogens is 3. The molecule has 0 amide bonds. The maximum Gasteiger partial charge on any atom is 0.313 e. The maximum atomic E-state index is 10.8. The molecule has 1 aromatic carbocycles. The number of nitrogens with zero attached hydrogens (tertiary/aromatic N) is 3. The molecule has 0 atom stereocenters. The summed E-state index contributed by atoms with van der Waals surface area (Å²) in [6.45, 7) is 2.47. The molecule has 0 aliphatic rings. The van der Waals surface area contributed by atoms with E-state index >= 15 is 0 Å². The minimum Gasteiger partial charge on any atom is -0.481 e. The van der Waals surface area contributed by atoms with Gasteiger partial charge in [0, 0.05) is 6.07 Å². The standard InChI is InChI=1S/C14H13N3O3S/c1-9-2-3-12-11(6-9)16-14(21-8-13(18)19)17(12)7-10-4-5-15-20-10/h2-6H,7-8H2,1H3,(H,18,19). The van der Waals surface area contributed by atoms with Crippen molar-refractivity contribution in [1.29, 1.82) is 0 Å². The summed E-state index contributed by atoms with van der Waals surface area (Å²) >= 11 is 1.20. The van der Waals surface area contributed by atoms with Crippen LogP contribution in [0, 0.1) is 6.92 Å². The zero-order valence-electron chi connectivity index (χ0n) is 11.3. The Balaban J connectivity index is 2.03. The number of fused-ring (bicyclic) bond motifs is 1. The zero-order valence-corrected chi connectivity index (χ0v) is 12.1. The molecule has 2 aromatic heterocycles. The summed E-state index contributed by atoms with van der Waals surface area (Å²) in [6.07, 6.45) is 1.59. The molecule has 0 aliphatic carbocycles. The van der Waals surface area contributed by atoms with Crippen molar-refractivity contribution in [3.05, 3.63) is 41.8 Å². The van der Waals surface area contributed by atoms with Crippen LogP contribution in [0.2, 0.25) is 0 Å². The first-order chi connectivity index (χ1) is 10.1. The lowest BCUT2D eigenvalue weighted by Gasteiger charge is -2.05. The summed E-state index contributed by atoms with van der Waals surface area (Å²) in [5, 5.41) is 13.2. The van der Waals surface area contributed by atoms with Crippen LogP contribution in [0.25, 0.3) is 11.0 Å². The van der Waals surface area contributed by atoms with Gasteiger partial charge in [0.25, 0.3) is 0 Å². The van der Waals surface area contributed by atoms with Crippen molar-refractivity contribution in [1.82, 2.24) is 14.7 Å². The highest BCUT2D eigenvalue weighted by molar-refractivity contribution is 7.99. The summed E-state index contributed by atoms with van der Waals surface area (Å²) in [6, 6.07) is 7.76. The van der Waals surface area contributed by atoms with E-state index in [9.17, 15) is 4.79 Å². The number of aliphatic carboxylic acids is 1. The van der Waals surface area contributed by atoms with Gasteiger partial charge >= 0.3 is 5.97 Å². The van der Waals surface area contributed by atoms with Gasteiger partial charge in [-0.15, -0.1) is 0 Å². The van der Waals surface area contributed by atoms with Crippen molar-refractivity contribution in [2.75, 3.05) is 5.75 Å². The summed E-state index contributed by atoms with van der Waals surface area (Å²) in [4.78, 5) is 15.3. The Morgan fingerprint density at radius 3 is 3.00 bits per heavy atom. The minimum absolute atomic E-state index is 0.0291. The van der Waals surface area contributed by atoms with Gasteiger partial charge in [0.1, 0.15) is 0 Å². The molecule has 21 heavy (non-hydrogen) atoms. The van der Waals surface area contributed by atoms with Crippen LogP contribution in [0.15, 0.2) is 40.1 Å². The number of imidazole rings is 1. The van der Waals surface area contributed by atoms with Gasteiger partial charge in [-0.2, -0.15) is 0 Å². The third kappa shape index (κ3) is 2.92. The lowest BCUT2D eigenvalue weighted by Crippen LogP contribution is -2.04. The van der Waals surface area contributed by atoms with Gasteiger partial charge in [-0.3, -0.25) is 4.79 Å². The lowest BCUT2D eigenvalue weighted by molar-refractivity contribution is -0.133. The highest BCUT2D eigenvalue weighted by atomic mass is 32.2. The molecule has 0 spiro atoms. The Morgan fingerprint density at radius 1 is 1.43 bits per heavy atom. The number of carbonyl (C=O) groups is 1. The Labute approximate surface area is 124 Å². The second-order valence-corrected chi connectivity index (χ2v) is 5.58. The molecule has 3 aromatic rings. The first kappa shape index (κ1) is 13.7. The fourth-order valence-electron chi connectivity index (χ4n) is 2.09. The van der Waals surface area contributed by atoms with E-state index < -0.39 is 5.97 Å². The largest absolute Gasteiger partial charge is 0.481 e. The number of thioether (sulfide) groups is 1. The molecule has 0 unspecified atom stereocenters. The number of benzene rings is 1. The zero-order chi connectivity index (χ0) is 14.8. The Hall–Kier alpha value is -2.28. The Morgan fingerprint density at radius 2 is 2.29 bits per heavy atom. The molecule has 0 saturated carbocycles. The predicted octanol–water partition coefficient (Wildman–Crippen LogP) is 2.56. The summed E-state index contributed by atoms with van der Waals surface area (Å²) in [5.74, 6) is -0.194. The Kier molecular flexibility index (Phi) is 3.66. The number of rotatable bonds is 5. The monoisotopic (exact) mass is 303 g/mol. The molecule has 0 saturated heterocycles. The second kappa shape index (κ2) is 5.61. The van der Waals surface area contributed by atoms with E-state index in [1.807, 2.05) is 29.7 Å². The first-order valence-electron chi connectivity index (χ1n) is 6.34. The average Bonchev–Trinajstić information content (AvgIpc) is 3.05. The van der Waals surface area contributed by atoms with Gasteiger partial charge in [0.15, 0.2) is 10.9 Å². The quantitative estimate of drug-likeness (QED) is 0.730. The van der Waals surface area contributed by atoms with Gasteiger partial charge in [-0.25, -0.2) is 4.98 Å². The van der Waals surface area contributed by atoms with Crippen LogP contribution in [0.1, 0.15) is 11.3 Å². The van der Waals surface area contributed by atoms with Gasteiger partial charge in [0.2, 0.25) is 0 Å². The van der Waals surface area contributed by atoms with Crippen LogP contribution in [0.4, 0.5) is 0 Å². The van der Waals surface area contributed by atoms with Crippen LogP contribution in [0.5, 0.6) is 0 Å². The number of hydrogen-bond acceptors (Lipinski definition) is 5. The predicted molar refractivity (Wildman–Crippen MR) is 78.4 cm³/mol. The fraction of sp³-hybridized carbons (Fsp3) is 0.214. The molecule has 2 heterocycles. The lowest BCUT2D eigenvalue weighted by atomic mass is 10.2. The molecule has 108 valence electrons. The van der Waals surface area contributed by atoms with Crippen molar-refractivity contribution in [2.24, 2.45) is 0 Å². The first-order valence-corrected chi connectivity index (χ1v) is 7.33. The van der Waals surface area contributed by atoms with Crippen LogP contribution >= 0.6 is 11.8 Å². The number of carboxylic acids is 1. The molecule has 0 fully saturated rings. The highest BCUT2D eigenvalue weighted by Crippen LogP contribution is 2.25.